The van der Waals surface area contributed by atoms with Gasteiger partial charge in [-0.1, -0.05) is 25.1 Å². The van der Waals surface area contributed by atoms with Gasteiger partial charge in [0.2, 0.25) is 5.91 Å². The van der Waals surface area contributed by atoms with Crippen molar-refractivity contribution in [3.8, 4) is 5.75 Å². The summed E-state index contributed by atoms with van der Waals surface area (Å²) in [5.74, 6) is 0.656. The Kier molecular flexibility index (Phi) is 4.22. The van der Waals surface area contributed by atoms with E-state index >= 15 is 0 Å². The number of carbonyl (C=O) groups excluding carboxylic acids is 1. The standard InChI is InChI=1S/C15H19Cl2NO2/c1-4-11(10-7-5-6-8-12(10)20-3)18-13(19)14(2)9-15(14,16)17/h5-8,11H,4,9H2,1-3H3,(H,18,19). The Balaban J connectivity index is 2.16. The molecule has 0 spiro atoms. The minimum atomic E-state index is -0.948. The first-order valence-electron chi connectivity index (χ1n) is 6.67. The van der Waals surface area contributed by atoms with E-state index in [4.69, 9.17) is 27.9 Å². The zero-order chi connectivity index (χ0) is 15.0. The second-order valence-electron chi connectivity index (χ2n) is 5.39. The van der Waals surface area contributed by atoms with Crippen molar-refractivity contribution in [2.75, 3.05) is 7.11 Å². The first-order chi connectivity index (χ1) is 9.35. The number of benzene rings is 1. The first-order valence-corrected chi connectivity index (χ1v) is 7.43. The van der Waals surface area contributed by atoms with Crippen LogP contribution in [0.1, 0.15) is 38.3 Å². The molecule has 2 atom stereocenters. The van der Waals surface area contributed by atoms with E-state index in [2.05, 4.69) is 5.32 Å². The molecule has 2 unspecified atom stereocenters. The lowest BCUT2D eigenvalue weighted by Crippen LogP contribution is -2.36. The van der Waals surface area contributed by atoms with Crippen LogP contribution in [-0.2, 0) is 4.79 Å². The maximum Gasteiger partial charge on any atom is 0.229 e. The van der Waals surface area contributed by atoms with Gasteiger partial charge in [0, 0.05) is 5.56 Å². The van der Waals surface area contributed by atoms with Crippen LogP contribution in [0.2, 0.25) is 0 Å². The van der Waals surface area contributed by atoms with Crippen molar-refractivity contribution in [2.24, 2.45) is 5.41 Å². The molecule has 1 N–H and O–H groups in total. The number of amides is 1. The summed E-state index contributed by atoms with van der Waals surface area (Å²) in [6, 6.07) is 7.56. The molecule has 1 fully saturated rings. The number of carbonyl (C=O) groups is 1. The van der Waals surface area contributed by atoms with E-state index in [9.17, 15) is 4.79 Å². The van der Waals surface area contributed by atoms with Crippen molar-refractivity contribution in [3.05, 3.63) is 29.8 Å². The average molecular weight is 316 g/mol. The second-order valence-corrected chi connectivity index (χ2v) is 6.87. The van der Waals surface area contributed by atoms with Crippen LogP contribution in [0.3, 0.4) is 0 Å². The lowest BCUT2D eigenvalue weighted by Gasteiger charge is -2.22. The topological polar surface area (TPSA) is 38.3 Å². The smallest absolute Gasteiger partial charge is 0.229 e. The molecule has 0 aromatic heterocycles. The third kappa shape index (κ3) is 2.61. The highest BCUT2D eigenvalue weighted by Gasteiger charge is 2.68. The van der Waals surface area contributed by atoms with Gasteiger partial charge in [0.05, 0.1) is 18.6 Å². The highest BCUT2D eigenvalue weighted by molar-refractivity contribution is 6.53. The van der Waals surface area contributed by atoms with Crippen LogP contribution < -0.4 is 10.1 Å². The Morgan fingerprint density at radius 3 is 2.55 bits per heavy atom. The lowest BCUT2D eigenvalue weighted by molar-refractivity contribution is -0.126. The molecule has 0 aliphatic heterocycles. The molecule has 1 aromatic rings. The SMILES string of the molecule is CCC(NC(=O)C1(C)CC1(Cl)Cl)c1ccccc1OC. The van der Waals surface area contributed by atoms with Gasteiger partial charge in [0.1, 0.15) is 10.1 Å². The Labute approximate surface area is 129 Å². The number of hydrogen-bond donors (Lipinski definition) is 1. The number of halogens is 2. The van der Waals surface area contributed by atoms with E-state index in [0.717, 1.165) is 17.7 Å². The summed E-state index contributed by atoms with van der Waals surface area (Å²) in [6.07, 6.45) is 1.25. The summed E-state index contributed by atoms with van der Waals surface area (Å²) in [4.78, 5) is 12.4. The molecule has 20 heavy (non-hydrogen) atoms. The minimum absolute atomic E-state index is 0.111. The second kappa shape index (κ2) is 5.45. The van der Waals surface area contributed by atoms with Crippen LogP contribution in [0.4, 0.5) is 0 Å². The minimum Gasteiger partial charge on any atom is -0.496 e. The van der Waals surface area contributed by atoms with Crippen LogP contribution in [0.25, 0.3) is 0 Å². The number of methoxy groups -OCH3 is 1. The number of nitrogens with one attached hydrogen (secondary N) is 1. The third-order valence-electron chi connectivity index (χ3n) is 3.99. The number of para-hydroxylation sites is 1. The molecule has 1 saturated carbocycles. The third-order valence-corrected chi connectivity index (χ3v) is 5.09. The molecule has 1 amide bonds. The first kappa shape index (κ1) is 15.5. The van der Waals surface area contributed by atoms with Crippen molar-refractivity contribution in [3.63, 3.8) is 0 Å². The maximum absolute atomic E-state index is 12.4. The van der Waals surface area contributed by atoms with Gasteiger partial charge in [-0.15, -0.1) is 23.2 Å². The summed E-state index contributed by atoms with van der Waals surface area (Å²) < 4.78 is 4.40. The van der Waals surface area contributed by atoms with Gasteiger partial charge in [0.15, 0.2) is 0 Å². The molecule has 2 rings (SSSR count). The summed E-state index contributed by atoms with van der Waals surface area (Å²) in [7, 11) is 1.62. The largest absolute Gasteiger partial charge is 0.496 e. The van der Waals surface area contributed by atoms with Gasteiger partial charge >= 0.3 is 0 Å². The highest BCUT2D eigenvalue weighted by Crippen LogP contribution is 2.64. The molecule has 1 aliphatic rings. The quantitative estimate of drug-likeness (QED) is 0.838. The van der Waals surface area contributed by atoms with Crippen molar-refractivity contribution in [2.45, 2.75) is 37.1 Å². The van der Waals surface area contributed by atoms with E-state index in [1.54, 1.807) is 14.0 Å². The Hall–Kier alpha value is -0.930. The number of rotatable bonds is 5. The molecular formula is C15H19Cl2NO2. The van der Waals surface area contributed by atoms with Crippen LogP contribution >= 0.6 is 23.2 Å². The zero-order valence-electron chi connectivity index (χ0n) is 11.9. The summed E-state index contributed by atoms with van der Waals surface area (Å²) in [5, 5.41) is 3.03. The number of hydrogen-bond acceptors (Lipinski definition) is 2. The Morgan fingerprint density at radius 1 is 1.45 bits per heavy atom. The van der Waals surface area contributed by atoms with Crippen LogP contribution in [0, 0.1) is 5.41 Å². The van der Waals surface area contributed by atoms with Gasteiger partial charge in [-0.2, -0.15) is 0 Å². The Bertz CT molecular complexity index is 518. The lowest BCUT2D eigenvalue weighted by atomic mass is 10.0. The summed E-state index contributed by atoms with van der Waals surface area (Å²) in [5.41, 5.74) is 0.260. The van der Waals surface area contributed by atoms with E-state index in [1.807, 2.05) is 31.2 Å². The number of ether oxygens (including phenoxy) is 1. The normalized spacial score (nSPS) is 24.9. The van der Waals surface area contributed by atoms with Crippen molar-refractivity contribution < 1.29 is 9.53 Å². The predicted molar refractivity (Wildman–Crippen MR) is 81.3 cm³/mol. The number of alkyl halides is 2. The van der Waals surface area contributed by atoms with Crippen LogP contribution in [-0.4, -0.2) is 17.4 Å². The van der Waals surface area contributed by atoms with Gasteiger partial charge in [0.25, 0.3) is 0 Å². The molecule has 110 valence electrons. The van der Waals surface area contributed by atoms with Crippen LogP contribution in [0.15, 0.2) is 24.3 Å². The van der Waals surface area contributed by atoms with E-state index < -0.39 is 9.75 Å². The Morgan fingerprint density at radius 2 is 2.05 bits per heavy atom. The zero-order valence-corrected chi connectivity index (χ0v) is 13.4. The summed E-state index contributed by atoms with van der Waals surface area (Å²) in [6.45, 7) is 3.80. The fourth-order valence-electron chi connectivity index (χ4n) is 2.32. The molecular weight excluding hydrogens is 297 g/mol. The molecule has 1 aromatic carbocycles. The van der Waals surface area contributed by atoms with Crippen molar-refractivity contribution >= 4 is 29.1 Å². The molecule has 5 heteroatoms. The molecule has 3 nitrogen and oxygen atoms in total. The molecule has 1 aliphatic carbocycles. The average Bonchev–Trinajstić information content (AvgIpc) is 2.96. The summed E-state index contributed by atoms with van der Waals surface area (Å²) >= 11 is 12.1. The van der Waals surface area contributed by atoms with Gasteiger partial charge in [-0.05, 0) is 25.8 Å². The van der Waals surface area contributed by atoms with E-state index in [0.29, 0.717) is 6.42 Å². The van der Waals surface area contributed by atoms with E-state index in [-0.39, 0.29) is 11.9 Å². The van der Waals surface area contributed by atoms with Crippen molar-refractivity contribution in [1.29, 1.82) is 0 Å². The molecule has 0 bridgehead atoms. The molecule has 0 heterocycles. The van der Waals surface area contributed by atoms with Gasteiger partial charge < -0.3 is 10.1 Å². The fourth-order valence-corrected chi connectivity index (χ4v) is 3.02. The van der Waals surface area contributed by atoms with E-state index in [1.165, 1.54) is 0 Å². The molecule has 0 radical (unpaired) electrons. The highest BCUT2D eigenvalue weighted by atomic mass is 35.5. The predicted octanol–water partition coefficient (Wildman–Crippen LogP) is 3.85. The van der Waals surface area contributed by atoms with Gasteiger partial charge in [-0.3, -0.25) is 4.79 Å². The fraction of sp³-hybridized carbons (Fsp3) is 0.533. The monoisotopic (exact) mass is 315 g/mol. The van der Waals surface area contributed by atoms with Gasteiger partial charge in [-0.25, -0.2) is 0 Å². The van der Waals surface area contributed by atoms with Crippen molar-refractivity contribution in [1.82, 2.24) is 5.32 Å². The maximum atomic E-state index is 12.4. The molecule has 0 saturated heterocycles. The van der Waals surface area contributed by atoms with Crippen LogP contribution in [0.5, 0.6) is 5.75 Å².